The van der Waals surface area contributed by atoms with Gasteiger partial charge in [-0.25, -0.2) is 4.39 Å². The Bertz CT molecular complexity index is 565. The second kappa shape index (κ2) is 5.41. The van der Waals surface area contributed by atoms with Gasteiger partial charge in [-0.15, -0.1) is 0 Å². The molecule has 0 bridgehead atoms. The molecule has 0 unspecified atom stereocenters. The van der Waals surface area contributed by atoms with E-state index in [-0.39, 0.29) is 11.6 Å². The summed E-state index contributed by atoms with van der Waals surface area (Å²) in [6.45, 7) is 2.00. The number of carbonyl (C=O) groups excluding carboxylic acids is 1. The van der Waals surface area contributed by atoms with Crippen LogP contribution in [0.4, 0.5) is 4.39 Å². The highest BCUT2D eigenvalue weighted by Gasteiger charge is 2.06. The summed E-state index contributed by atoms with van der Waals surface area (Å²) in [6, 6.07) is 13.7. The first-order valence-corrected chi connectivity index (χ1v) is 5.72. The van der Waals surface area contributed by atoms with Crippen molar-refractivity contribution in [2.75, 3.05) is 0 Å². The minimum atomic E-state index is -0.265. The summed E-state index contributed by atoms with van der Waals surface area (Å²) in [5.41, 5.74) is 2.75. The van der Waals surface area contributed by atoms with E-state index in [0.29, 0.717) is 0 Å². The first-order chi connectivity index (χ1) is 8.65. The molecule has 0 aliphatic carbocycles. The topological polar surface area (TPSA) is 21.4 Å². The summed E-state index contributed by atoms with van der Waals surface area (Å²) in [7, 11) is 0. The van der Waals surface area contributed by atoms with Crippen LogP contribution in [-0.2, 0) is 0 Å². The fraction of sp³-hybridized carbons (Fsp3) is 0.0625. The van der Waals surface area contributed by atoms with Gasteiger partial charge in [0.05, 0.1) is 5.56 Å². The second-order valence-electron chi connectivity index (χ2n) is 4.14. The largest absolute Gasteiger partial charge is 0.347 e. The molecule has 0 radical (unpaired) electrons. The molecule has 0 saturated heterocycles. The Morgan fingerprint density at radius 1 is 1.00 bits per heavy atom. The third-order valence-electron chi connectivity index (χ3n) is 2.65. The zero-order valence-corrected chi connectivity index (χ0v) is 10.1. The van der Waals surface area contributed by atoms with Gasteiger partial charge in [0.2, 0.25) is 0 Å². The van der Waals surface area contributed by atoms with Crippen LogP contribution in [-0.4, -0.2) is 10.6 Å². The van der Waals surface area contributed by atoms with Crippen LogP contribution in [0.2, 0.25) is 0 Å². The van der Waals surface area contributed by atoms with Crippen LogP contribution in [0.1, 0.15) is 16.7 Å². The van der Waals surface area contributed by atoms with E-state index < -0.39 is 0 Å². The highest BCUT2D eigenvalue weighted by molar-refractivity contribution is 6.07. The number of ketones is 1. The summed E-state index contributed by atoms with van der Waals surface area (Å²) in [6.07, 6.45) is 3.35. The lowest BCUT2D eigenvalue weighted by Crippen LogP contribution is -1.95. The monoisotopic (exact) mass is 241 g/mol. The number of halogens is 1. The van der Waals surface area contributed by atoms with E-state index in [1.807, 2.05) is 31.2 Å². The van der Waals surface area contributed by atoms with Crippen molar-refractivity contribution in [3.63, 3.8) is 0 Å². The van der Waals surface area contributed by atoms with Crippen molar-refractivity contribution in [3.8, 4) is 0 Å². The molecule has 0 spiro atoms. The lowest BCUT2D eigenvalue weighted by atomic mass is 10.1. The van der Waals surface area contributed by atoms with Crippen molar-refractivity contribution in [2.24, 2.45) is 0 Å². The molecule has 0 atom stereocenters. The summed E-state index contributed by atoms with van der Waals surface area (Å²) in [5.74, 6) is -0.0711. The van der Waals surface area contributed by atoms with E-state index in [0.717, 1.165) is 16.7 Å². The van der Waals surface area contributed by atoms with Crippen LogP contribution in [0, 0.1) is 12.7 Å². The summed E-state index contributed by atoms with van der Waals surface area (Å²) >= 11 is 0. The predicted molar refractivity (Wildman–Crippen MR) is 72.7 cm³/mol. The number of allylic oxidation sites excluding steroid dienone is 1. The van der Waals surface area contributed by atoms with Crippen LogP contribution in [0.25, 0.3) is 6.08 Å². The van der Waals surface area contributed by atoms with Gasteiger partial charge in [0.25, 0.3) is 0 Å². The molecule has 2 aromatic carbocycles. The molecule has 0 fully saturated rings. The summed E-state index contributed by atoms with van der Waals surface area (Å²) in [5, 5.41) is 0. The molecule has 0 amide bonds. The fourth-order valence-corrected chi connectivity index (χ4v) is 1.57. The number of hydrogen-bond acceptors (Lipinski definition) is 0. The van der Waals surface area contributed by atoms with Gasteiger partial charge in [0.1, 0.15) is 5.82 Å². The Hall–Kier alpha value is -2.22. The quantitative estimate of drug-likeness (QED) is 0.443. The third-order valence-corrected chi connectivity index (χ3v) is 2.65. The van der Waals surface area contributed by atoms with Gasteiger partial charge in [0, 0.05) is 6.08 Å². The molecule has 0 aliphatic heterocycles. The van der Waals surface area contributed by atoms with E-state index in [4.69, 9.17) is 0 Å². The third kappa shape index (κ3) is 3.14. The first-order valence-electron chi connectivity index (χ1n) is 5.72. The fourth-order valence-electron chi connectivity index (χ4n) is 1.57. The SMILES string of the molecule is Cc1ccc(C(=[OH+])/C=C/c2ccc(F)cc2)cc1. The Labute approximate surface area is 106 Å². The Morgan fingerprint density at radius 2 is 1.61 bits per heavy atom. The average Bonchev–Trinajstić information content (AvgIpc) is 2.38. The molecule has 90 valence electrons. The molecule has 1 nitrogen and oxygen atoms in total. The van der Waals surface area contributed by atoms with E-state index >= 15 is 0 Å². The molecule has 0 aromatic heterocycles. The van der Waals surface area contributed by atoms with Gasteiger partial charge in [-0.2, -0.15) is 0 Å². The number of rotatable bonds is 3. The maximum Gasteiger partial charge on any atom is 0.347 e. The molecule has 0 heterocycles. The standard InChI is InChI=1S/C16H13FO/c1-12-2-7-14(8-3-12)16(18)11-6-13-4-9-15(17)10-5-13/h2-11H,1H3/p+1/b11-6+. The van der Waals surface area contributed by atoms with Gasteiger partial charge in [-0.05, 0) is 42.8 Å². The van der Waals surface area contributed by atoms with Gasteiger partial charge in [-0.3, -0.25) is 4.79 Å². The molecule has 2 heteroatoms. The van der Waals surface area contributed by atoms with Crippen molar-refractivity contribution in [3.05, 3.63) is 77.1 Å². The maximum absolute atomic E-state index is 12.7. The van der Waals surface area contributed by atoms with Gasteiger partial charge in [0.15, 0.2) is 0 Å². The van der Waals surface area contributed by atoms with Crippen LogP contribution < -0.4 is 0 Å². The Kier molecular flexibility index (Phi) is 3.68. The van der Waals surface area contributed by atoms with Crippen molar-refractivity contribution >= 4 is 11.9 Å². The molecule has 1 N–H and O–H groups in total. The van der Waals surface area contributed by atoms with Crippen LogP contribution >= 0.6 is 0 Å². The predicted octanol–water partition coefficient (Wildman–Crippen LogP) is 3.74. The average molecular weight is 241 g/mol. The summed E-state index contributed by atoms with van der Waals surface area (Å²) in [4.78, 5) is 9.88. The minimum absolute atomic E-state index is 0.194. The van der Waals surface area contributed by atoms with Gasteiger partial charge < -0.3 is 0 Å². The van der Waals surface area contributed by atoms with Crippen molar-refractivity contribution < 1.29 is 9.18 Å². The van der Waals surface area contributed by atoms with Crippen molar-refractivity contribution in [2.45, 2.75) is 6.92 Å². The molecule has 0 saturated carbocycles. The molecule has 18 heavy (non-hydrogen) atoms. The van der Waals surface area contributed by atoms with E-state index in [2.05, 4.69) is 0 Å². The molecule has 2 rings (SSSR count). The Balaban J connectivity index is 2.11. The van der Waals surface area contributed by atoms with Crippen molar-refractivity contribution in [1.29, 1.82) is 0 Å². The molecular weight excluding hydrogens is 227 g/mol. The second-order valence-corrected chi connectivity index (χ2v) is 4.14. The smallest absolute Gasteiger partial charge is 0.273 e. The summed E-state index contributed by atoms with van der Waals surface area (Å²) < 4.78 is 12.7. The first kappa shape index (κ1) is 12.2. The molecular formula is C16H14FO+. The van der Waals surface area contributed by atoms with Gasteiger partial charge in [-0.1, -0.05) is 29.8 Å². The lowest BCUT2D eigenvalue weighted by Gasteiger charge is -1.93. The van der Waals surface area contributed by atoms with Crippen molar-refractivity contribution in [1.82, 2.24) is 0 Å². The van der Waals surface area contributed by atoms with Crippen LogP contribution in [0.15, 0.2) is 54.6 Å². The minimum Gasteiger partial charge on any atom is -0.273 e. The Morgan fingerprint density at radius 3 is 2.22 bits per heavy atom. The van der Waals surface area contributed by atoms with E-state index in [1.54, 1.807) is 24.3 Å². The lowest BCUT2D eigenvalue weighted by molar-refractivity contribution is 0.628. The number of aryl methyl sites for hydroxylation is 1. The van der Waals surface area contributed by atoms with E-state index in [1.165, 1.54) is 12.1 Å². The number of hydrogen-bond donors (Lipinski definition) is 0. The van der Waals surface area contributed by atoms with Crippen LogP contribution in [0.5, 0.6) is 0 Å². The number of benzene rings is 2. The molecule has 0 aliphatic rings. The highest BCUT2D eigenvalue weighted by atomic mass is 19.1. The maximum atomic E-state index is 12.7. The zero-order valence-electron chi connectivity index (χ0n) is 10.1. The van der Waals surface area contributed by atoms with Crippen LogP contribution in [0.3, 0.4) is 0 Å². The molecule has 2 aromatic rings. The van der Waals surface area contributed by atoms with Gasteiger partial charge >= 0.3 is 5.78 Å². The zero-order chi connectivity index (χ0) is 13.0. The van der Waals surface area contributed by atoms with E-state index in [9.17, 15) is 9.18 Å². The highest BCUT2D eigenvalue weighted by Crippen LogP contribution is 2.08. The normalized spacial score (nSPS) is 10.8.